The maximum Gasteiger partial charge on any atom is 0.323 e. The molecule has 104 valence electrons. The van der Waals surface area contributed by atoms with Crippen molar-refractivity contribution < 1.29 is 9.90 Å². The van der Waals surface area contributed by atoms with Gasteiger partial charge in [0.15, 0.2) is 0 Å². The van der Waals surface area contributed by atoms with Crippen molar-refractivity contribution in [2.75, 3.05) is 20.1 Å². The molecule has 19 heavy (non-hydrogen) atoms. The highest BCUT2D eigenvalue weighted by Crippen LogP contribution is 2.23. The molecule has 1 aromatic carbocycles. The first-order valence-corrected chi connectivity index (χ1v) is 6.83. The monoisotopic (exact) mass is 262 g/mol. The Bertz CT molecular complexity index is 421. The number of nitrogens with zero attached hydrogens (tertiary/aromatic N) is 1. The van der Waals surface area contributed by atoms with Gasteiger partial charge in [0.25, 0.3) is 0 Å². The Hall–Kier alpha value is -1.39. The molecular formula is C15H22N2O2. The Labute approximate surface area is 114 Å². The second-order valence-electron chi connectivity index (χ2n) is 5.38. The van der Waals surface area contributed by atoms with E-state index in [9.17, 15) is 9.90 Å². The maximum absolute atomic E-state index is 11.7. The molecule has 0 aromatic heterocycles. The van der Waals surface area contributed by atoms with Crippen LogP contribution in [0, 0.1) is 0 Å². The molecule has 2 rings (SSSR count). The first kappa shape index (κ1) is 14.0. The van der Waals surface area contributed by atoms with Gasteiger partial charge in [0.05, 0.1) is 0 Å². The summed E-state index contributed by atoms with van der Waals surface area (Å²) in [6.45, 7) is 2.41. The molecule has 1 aliphatic heterocycles. The molecule has 0 amide bonds. The Morgan fingerprint density at radius 2 is 2.05 bits per heavy atom. The van der Waals surface area contributed by atoms with Crippen LogP contribution in [0.1, 0.15) is 24.8 Å². The van der Waals surface area contributed by atoms with Crippen LogP contribution in [-0.4, -0.2) is 41.7 Å². The number of carbonyl (C=O) groups is 1. The summed E-state index contributed by atoms with van der Waals surface area (Å²) in [5.41, 5.74) is 0.348. The minimum absolute atomic E-state index is 0.608. The zero-order chi connectivity index (χ0) is 13.7. The Morgan fingerprint density at radius 3 is 2.74 bits per heavy atom. The van der Waals surface area contributed by atoms with Gasteiger partial charge in [0.2, 0.25) is 0 Å². The SMILES string of the molecule is CN1CCCC(NCc2ccccc2)(C(=O)O)CC1. The van der Waals surface area contributed by atoms with E-state index in [1.54, 1.807) is 0 Å². The minimum Gasteiger partial charge on any atom is -0.480 e. The van der Waals surface area contributed by atoms with Crippen molar-refractivity contribution in [1.29, 1.82) is 0 Å². The highest BCUT2D eigenvalue weighted by Gasteiger charge is 2.38. The van der Waals surface area contributed by atoms with Gasteiger partial charge in [-0.2, -0.15) is 0 Å². The smallest absolute Gasteiger partial charge is 0.323 e. The van der Waals surface area contributed by atoms with Crippen LogP contribution in [-0.2, 0) is 11.3 Å². The highest BCUT2D eigenvalue weighted by atomic mass is 16.4. The Morgan fingerprint density at radius 1 is 1.32 bits per heavy atom. The van der Waals surface area contributed by atoms with E-state index in [2.05, 4.69) is 17.3 Å². The van der Waals surface area contributed by atoms with Crippen molar-refractivity contribution in [3.05, 3.63) is 35.9 Å². The van der Waals surface area contributed by atoms with E-state index in [0.717, 1.165) is 25.1 Å². The number of likely N-dealkylation sites (tertiary alicyclic amines) is 1. The summed E-state index contributed by atoms with van der Waals surface area (Å²) in [6, 6.07) is 9.96. The van der Waals surface area contributed by atoms with Crippen LogP contribution in [0.3, 0.4) is 0 Å². The molecule has 4 heteroatoms. The van der Waals surface area contributed by atoms with Gasteiger partial charge in [-0.05, 0) is 38.4 Å². The predicted octanol–water partition coefficient (Wildman–Crippen LogP) is 1.72. The summed E-state index contributed by atoms with van der Waals surface area (Å²) in [5.74, 6) is -0.723. The van der Waals surface area contributed by atoms with Gasteiger partial charge in [0.1, 0.15) is 5.54 Å². The first-order valence-electron chi connectivity index (χ1n) is 6.83. The molecular weight excluding hydrogens is 240 g/mol. The van der Waals surface area contributed by atoms with E-state index < -0.39 is 11.5 Å². The number of benzene rings is 1. The van der Waals surface area contributed by atoms with Crippen LogP contribution >= 0.6 is 0 Å². The fourth-order valence-electron chi connectivity index (χ4n) is 2.60. The second kappa shape index (κ2) is 6.17. The summed E-state index contributed by atoms with van der Waals surface area (Å²) in [7, 11) is 2.05. The predicted molar refractivity (Wildman–Crippen MR) is 75.0 cm³/mol. The minimum atomic E-state index is -0.777. The van der Waals surface area contributed by atoms with Crippen molar-refractivity contribution in [1.82, 2.24) is 10.2 Å². The number of hydrogen-bond donors (Lipinski definition) is 2. The molecule has 1 heterocycles. The Balaban J connectivity index is 2.05. The van der Waals surface area contributed by atoms with E-state index in [1.807, 2.05) is 30.3 Å². The molecule has 1 aromatic rings. The molecule has 1 aliphatic rings. The molecule has 0 aliphatic carbocycles. The van der Waals surface area contributed by atoms with Crippen LogP contribution in [0.5, 0.6) is 0 Å². The molecule has 4 nitrogen and oxygen atoms in total. The lowest BCUT2D eigenvalue weighted by Crippen LogP contribution is -2.52. The fraction of sp³-hybridized carbons (Fsp3) is 0.533. The van der Waals surface area contributed by atoms with E-state index in [0.29, 0.717) is 19.4 Å². The van der Waals surface area contributed by atoms with Crippen molar-refractivity contribution in [3.8, 4) is 0 Å². The number of carboxylic acids is 1. The van der Waals surface area contributed by atoms with Crippen LogP contribution in [0.2, 0.25) is 0 Å². The van der Waals surface area contributed by atoms with Gasteiger partial charge in [-0.15, -0.1) is 0 Å². The highest BCUT2D eigenvalue weighted by molar-refractivity contribution is 5.78. The molecule has 1 fully saturated rings. The number of rotatable bonds is 4. The fourth-order valence-corrected chi connectivity index (χ4v) is 2.60. The third kappa shape index (κ3) is 3.55. The zero-order valence-corrected chi connectivity index (χ0v) is 11.4. The average Bonchev–Trinajstić information content (AvgIpc) is 2.61. The van der Waals surface area contributed by atoms with Crippen molar-refractivity contribution in [3.63, 3.8) is 0 Å². The van der Waals surface area contributed by atoms with Crippen LogP contribution < -0.4 is 5.32 Å². The summed E-state index contributed by atoms with van der Waals surface area (Å²) < 4.78 is 0. The summed E-state index contributed by atoms with van der Waals surface area (Å²) in [6.07, 6.45) is 2.27. The van der Waals surface area contributed by atoms with Gasteiger partial charge in [-0.25, -0.2) is 0 Å². The number of carboxylic acid groups (broad SMARTS) is 1. The number of nitrogens with one attached hydrogen (secondary N) is 1. The molecule has 0 bridgehead atoms. The molecule has 2 N–H and O–H groups in total. The topological polar surface area (TPSA) is 52.6 Å². The Kier molecular flexibility index (Phi) is 4.56. The van der Waals surface area contributed by atoms with Gasteiger partial charge >= 0.3 is 5.97 Å². The quantitative estimate of drug-likeness (QED) is 0.867. The van der Waals surface area contributed by atoms with Crippen LogP contribution in [0.25, 0.3) is 0 Å². The molecule has 1 atom stereocenters. The van der Waals surface area contributed by atoms with Crippen LogP contribution in [0.4, 0.5) is 0 Å². The standard InChI is InChI=1S/C15H22N2O2/c1-17-10-5-8-15(9-11-17,14(18)19)16-12-13-6-3-2-4-7-13/h2-4,6-7,16H,5,8-12H2,1H3,(H,18,19). The second-order valence-corrected chi connectivity index (χ2v) is 5.38. The van der Waals surface area contributed by atoms with Gasteiger partial charge < -0.3 is 10.0 Å². The summed E-state index contributed by atoms with van der Waals surface area (Å²) in [5, 5.41) is 12.9. The molecule has 1 saturated heterocycles. The van der Waals surface area contributed by atoms with Gasteiger partial charge in [0, 0.05) is 13.1 Å². The van der Waals surface area contributed by atoms with E-state index in [4.69, 9.17) is 0 Å². The lowest BCUT2D eigenvalue weighted by molar-refractivity contribution is -0.145. The third-order valence-electron chi connectivity index (χ3n) is 3.95. The molecule has 1 unspecified atom stereocenters. The van der Waals surface area contributed by atoms with Crippen molar-refractivity contribution in [2.45, 2.75) is 31.3 Å². The lowest BCUT2D eigenvalue weighted by Gasteiger charge is -2.29. The molecule has 0 spiro atoms. The maximum atomic E-state index is 11.7. The normalized spacial score (nSPS) is 24.9. The van der Waals surface area contributed by atoms with Crippen LogP contribution in [0.15, 0.2) is 30.3 Å². The number of hydrogen-bond acceptors (Lipinski definition) is 3. The third-order valence-corrected chi connectivity index (χ3v) is 3.95. The van der Waals surface area contributed by atoms with E-state index in [1.165, 1.54) is 0 Å². The van der Waals surface area contributed by atoms with E-state index in [-0.39, 0.29) is 0 Å². The average molecular weight is 262 g/mol. The molecule has 0 saturated carbocycles. The summed E-state index contributed by atoms with van der Waals surface area (Å²) >= 11 is 0. The lowest BCUT2D eigenvalue weighted by atomic mass is 9.90. The van der Waals surface area contributed by atoms with Gasteiger partial charge in [-0.3, -0.25) is 10.1 Å². The zero-order valence-electron chi connectivity index (χ0n) is 11.4. The van der Waals surface area contributed by atoms with Gasteiger partial charge in [-0.1, -0.05) is 30.3 Å². The summed E-state index contributed by atoms with van der Waals surface area (Å²) in [4.78, 5) is 13.9. The molecule has 0 radical (unpaired) electrons. The first-order chi connectivity index (χ1) is 9.12. The van der Waals surface area contributed by atoms with Crippen molar-refractivity contribution >= 4 is 5.97 Å². The number of aliphatic carboxylic acids is 1. The largest absolute Gasteiger partial charge is 0.480 e. The van der Waals surface area contributed by atoms with E-state index >= 15 is 0 Å². The van der Waals surface area contributed by atoms with Crippen molar-refractivity contribution in [2.24, 2.45) is 0 Å².